The zero-order chi connectivity index (χ0) is 12.1. The van der Waals surface area contributed by atoms with E-state index in [4.69, 9.17) is 10.5 Å². The van der Waals surface area contributed by atoms with Crippen LogP contribution in [-0.4, -0.2) is 35.2 Å². The van der Waals surface area contributed by atoms with Gasteiger partial charge in [0, 0.05) is 13.1 Å². The number of anilines is 2. The molecule has 0 atom stereocenters. The molecule has 1 aromatic rings. The zero-order valence-electron chi connectivity index (χ0n) is 10.2. The molecule has 2 N–H and O–H groups in total. The average Bonchev–Trinajstić information content (AvgIpc) is 2.27. The summed E-state index contributed by atoms with van der Waals surface area (Å²) in [5, 5.41) is 0. The minimum Gasteiger partial charge on any atom is -0.467 e. The molecule has 94 valence electrons. The predicted octanol–water partition coefficient (Wildman–Crippen LogP) is 1.23. The predicted molar refractivity (Wildman–Crippen MR) is 66.1 cm³/mol. The van der Waals surface area contributed by atoms with Gasteiger partial charge >= 0.3 is 6.01 Å². The van der Waals surface area contributed by atoms with Crippen LogP contribution in [0.1, 0.15) is 32.1 Å². The molecule has 0 radical (unpaired) electrons. The van der Waals surface area contributed by atoms with Crippen molar-refractivity contribution in [2.75, 3.05) is 30.8 Å². The number of hydrogen-bond donors (Lipinski definition) is 1. The number of nitrogen functional groups attached to an aromatic ring is 1. The minimum absolute atomic E-state index is 0.217. The van der Waals surface area contributed by atoms with Gasteiger partial charge in [0.15, 0.2) is 0 Å². The first-order chi connectivity index (χ1) is 8.29. The Morgan fingerprint density at radius 2 is 1.65 bits per heavy atom. The van der Waals surface area contributed by atoms with Crippen molar-refractivity contribution in [1.82, 2.24) is 15.0 Å². The van der Waals surface area contributed by atoms with Gasteiger partial charge < -0.3 is 15.4 Å². The topological polar surface area (TPSA) is 77.2 Å². The maximum Gasteiger partial charge on any atom is 0.322 e. The quantitative estimate of drug-likeness (QED) is 0.833. The van der Waals surface area contributed by atoms with Crippen molar-refractivity contribution < 1.29 is 4.74 Å². The Kier molecular flexibility index (Phi) is 3.95. The van der Waals surface area contributed by atoms with E-state index in [1.165, 1.54) is 39.2 Å². The molecule has 1 aromatic heterocycles. The molecule has 6 heteroatoms. The van der Waals surface area contributed by atoms with E-state index in [1.807, 2.05) is 0 Å². The molecule has 1 saturated heterocycles. The molecule has 0 bridgehead atoms. The molecule has 0 amide bonds. The molecule has 0 unspecified atom stereocenters. The molecule has 6 nitrogen and oxygen atoms in total. The lowest BCUT2D eigenvalue weighted by Crippen LogP contribution is -2.29. The van der Waals surface area contributed by atoms with Gasteiger partial charge in [-0.3, -0.25) is 0 Å². The highest BCUT2D eigenvalue weighted by Crippen LogP contribution is 2.17. The van der Waals surface area contributed by atoms with Crippen molar-refractivity contribution in [3.63, 3.8) is 0 Å². The Hall–Kier alpha value is -1.59. The second-order valence-electron chi connectivity index (χ2n) is 4.24. The van der Waals surface area contributed by atoms with Gasteiger partial charge in [-0.15, -0.1) is 0 Å². The number of nitrogens with two attached hydrogens (primary N) is 1. The smallest absolute Gasteiger partial charge is 0.322 e. The second kappa shape index (κ2) is 5.65. The summed E-state index contributed by atoms with van der Waals surface area (Å²) in [6, 6.07) is 0.287. The highest BCUT2D eigenvalue weighted by molar-refractivity contribution is 5.35. The number of methoxy groups -OCH3 is 1. The van der Waals surface area contributed by atoms with Crippen molar-refractivity contribution in [3.05, 3.63) is 0 Å². The van der Waals surface area contributed by atoms with Crippen LogP contribution >= 0.6 is 0 Å². The van der Waals surface area contributed by atoms with Crippen LogP contribution in [0.25, 0.3) is 0 Å². The van der Waals surface area contributed by atoms with E-state index in [2.05, 4.69) is 19.9 Å². The molecular formula is C11H19N5O. The van der Waals surface area contributed by atoms with Gasteiger partial charge in [0.25, 0.3) is 0 Å². The van der Waals surface area contributed by atoms with Gasteiger partial charge in [-0.25, -0.2) is 0 Å². The summed E-state index contributed by atoms with van der Waals surface area (Å²) >= 11 is 0. The van der Waals surface area contributed by atoms with Crippen molar-refractivity contribution in [2.24, 2.45) is 0 Å². The lowest BCUT2D eigenvalue weighted by molar-refractivity contribution is 0.378. The fourth-order valence-corrected chi connectivity index (χ4v) is 2.04. The highest BCUT2D eigenvalue weighted by atomic mass is 16.5. The number of hydrogen-bond acceptors (Lipinski definition) is 6. The Bertz CT molecular complexity index is 363. The number of ether oxygens (including phenoxy) is 1. The summed E-state index contributed by atoms with van der Waals surface area (Å²) in [6.45, 7) is 1.96. The fraction of sp³-hybridized carbons (Fsp3) is 0.727. The normalized spacial score (nSPS) is 17.4. The van der Waals surface area contributed by atoms with E-state index in [0.717, 1.165) is 13.1 Å². The number of aromatic nitrogens is 3. The summed E-state index contributed by atoms with van der Waals surface area (Å²) < 4.78 is 5.01. The molecule has 1 fully saturated rings. The molecule has 0 aliphatic carbocycles. The fourth-order valence-electron chi connectivity index (χ4n) is 2.04. The third kappa shape index (κ3) is 3.18. The van der Waals surface area contributed by atoms with Crippen molar-refractivity contribution in [1.29, 1.82) is 0 Å². The van der Waals surface area contributed by atoms with E-state index in [0.29, 0.717) is 5.95 Å². The first kappa shape index (κ1) is 11.9. The van der Waals surface area contributed by atoms with E-state index in [9.17, 15) is 0 Å². The van der Waals surface area contributed by atoms with E-state index in [1.54, 1.807) is 0 Å². The van der Waals surface area contributed by atoms with Crippen molar-refractivity contribution >= 4 is 11.9 Å². The van der Waals surface area contributed by atoms with Gasteiger partial charge in [0.2, 0.25) is 11.9 Å². The van der Waals surface area contributed by atoms with Crippen LogP contribution in [0.3, 0.4) is 0 Å². The molecule has 17 heavy (non-hydrogen) atoms. The SMILES string of the molecule is COc1nc(N)nc(N2CCCCCCC2)n1. The molecule has 0 spiro atoms. The van der Waals surface area contributed by atoms with Gasteiger partial charge in [0.1, 0.15) is 0 Å². The Balaban J connectivity index is 2.15. The average molecular weight is 237 g/mol. The first-order valence-electron chi connectivity index (χ1n) is 6.10. The van der Waals surface area contributed by atoms with Crippen LogP contribution in [0.4, 0.5) is 11.9 Å². The molecule has 0 aromatic carbocycles. The molecule has 1 aliphatic rings. The molecule has 1 aliphatic heterocycles. The standard InChI is InChI=1S/C11H19N5O/c1-17-11-14-9(12)13-10(15-11)16-7-5-3-2-4-6-8-16/h2-8H2,1H3,(H2,12,13,14,15). The monoisotopic (exact) mass is 237 g/mol. The van der Waals surface area contributed by atoms with Crippen LogP contribution < -0.4 is 15.4 Å². The van der Waals surface area contributed by atoms with Crippen molar-refractivity contribution in [2.45, 2.75) is 32.1 Å². The Morgan fingerprint density at radius 1 is 1.00 bits per heavy atom. The van der Waals surface area contributed by atoms with Crippen LogP contribution in [0, 0.1) is 0 Å². The summed E-state index contributed by atoms with van der Waals surface area (Å²) in [5.41, 5.74) is 5.64. The Labute approximate surface area is 101 Å². The van der Waals surface area contributed by atoms with Crippen LogP contribution in [0.15, 0.2) is 0 Å². The van der Waals surface area contributed by atoms with Gasteiger partial charge in [-0.05, 0) is 12.8 Å². The highest BCUT2D eigenvalue weighted by Gasteiger charge is 2.14. The van der Waals surface area contributed by atoms with Crippen LogP contribution in [0.5, 0.6) is 6.01 Å². The van der Waals surface area contributed by atoms with Crippen LogP contribution in [0.2, 0.25) is 0 Å². The largest absolute Gasteiger partial charge is 0.467 e. The van der Waals surface area contributed by atoms with E-state index < -0.39 is 0 Å². The van der Waals surface area contributed by atoms with Gasteiger partial charge in [-0.1, -0.05) is 19.3 Å². The molecular weight excluding hydrogens is 218 g/mol. The van der Waals surface area contributed by atoms with E-state index >= 15 is 0 Å². The molecule has 0 saturated carbocycles. The van der Waals surface area contributed by atoms with Gasteiger partial charge in [0.05, 0.1) is 7.11 Å². The lowest BCUT2D eigenvalue weighted by atomic mass is 10.1. The summed E-state index contributed by atoms with van der Waals surface area (Å²) in [7, 11) is 1.53. The third-order valence-corrected chi connectivity index (χ3v) is 2.94. The number of rotatable bonds is 2. The third-order valence-electron chi connectivity index (χ3n) is 2.94. The van der Waals surface area contributed by atoms with Gasteiger partial charge in [-0.2, -0.15) is 15.0 Å². The Morgan fingerprint density at radius 3 is 2.29 bits per heavy atom. The maximum absolute atomic E-state index is 5.64. The maximum atomic E-state index is 5.64. The molecule has 2 rings (SSSR count). The summed E-state index contributed by atoms with van der Waals surface area (Å²) in [6.07, 6.45) is 6.22. The lowest BCUT2D eigenvalue weighted by Gasteiger charge is -2.24. The summed E-state index contributed by atoms with van der Waals surface area (Å²) in [5.74, 6) is 0.852. The van der Waals surface area contributed by atoms with Crippen molar-refractivity contribution in [3.8, 4) is 6.01 Å². The molecule has 2 heterocycles. The second-order valence-corrected chi connectivity index (χ2v) is 4.24. The first-order valence-corrected chi connectivity index (χ1v) is 6.10. The summed E-state index contributed by atoms with van der Waals surface area (Å²) in [4.78, 5) is 14.5. The minimum atomic E-state index is 0.217. The number of nitrogens with zero attached hydrogens (tertiary/aromatic N) is 4. The zero-order valence-corrected chi connectivity index (χ0v) is 10.2. The van der Waals surface area contributed by atoms with E-state index in [-0.39, 0.29) is 12.0 Å². The van der Waals surface area contributed by atoms with Crippen LogP contribution in [-0.2, 0) is 0 Å².